The first-order chi connectivity index (χ1) is 12.7. The van der Waals surface area contributed by atoms with Crippen molar-refractivity contribution in [2.45, 2.75) is 19.4 Å². The summed E-state index contributed by atoms with van der Waals surface area (Å²) in [5.74, 6) is 0.497. The number of nitrogens with one attached hydrogen (secondary N) is 1. The maximum absolute atomic E-state index is 11.2. The predicted molar refractivity (Wildman–Crippen MR) is 101 cm³/mol. The molecule has 0 spiro atoms. The Hall–Kier alpha value is -2.91. The zero-order valence-corrected chi connectivity index (χ0v) is 14.6. The molecule has 1 aliphatic heterocycles. The van der Waals surface area contributed by atoms with Crippen LogP contribution in [0.15, 0.2) is 48.5 Å². The molecule has 0 bridgehead atoms. The van der Waals surface area contributed by atoms with Gasteiger partial charge in [-0.15, -0.1) is 0 Å². The van der Waals surface area contributed by atoms with E-state index < -0.39 is 4.92 Å². The molecule has 1 fully saturated rings. The summed E-state index contributed by atoms with van der Waals surface area (Å²) in [5, 5.41) is 23.3. The zero-order valence-electron chi connectivity index (χ0n) is 14.6. The lowest BCUT2D eigenvalue weighted by atomic mass is 9.96. The first-order valence-corrected chi connectivity index (χ1v) is 8.84. The van der Waals surface area contributed by atoms with Gasteiger partial charge in [-0.1, -0.05) is 30.3 Å². The third-order valence-corrected chi connectivity index (χ3v) is 4.86. The van der Waals surface area contributed by atoms with Crippen molar-refractivity contribution in [3.63, 3.8) is 0 Å². The van der Waals surface area contributed by atoms with Crippen LogP contribution in [0.1, 0.15) is 24.0 Å². The number of rotatable bonds is 6. The number of hydrogen-bond acceptors (Lipinski definition) is 5. The van der Waals surface area contributed by atoms with E-state index in [2.05, 4.69) is 34.5 Å². The highest BCUT2D eigenvalue weighted by molar-refractivity contribution is 5.64. The van der Waals surface area contributed by atoms with Crippen LogP contribution in [0.5, 0.6) is 0 Å². The lowest BCUT2D eigenvalue weighted by Crippen LogP contribution is -2.35. The van der Waals surface area contributed by atoms with Gasteiger partial charge in [0.25, 0.3) is 5.69 Å². The van der Waals surface area contributed by atoms with Crippen molar-refractivity contribution >= 4 is 11.4 Å². The van der Waals surface area contributed by atoms with Crippen LogP contribution >= 0.6 is 0 Å². The van der Waals surface area contributed by atoms with Crippen molar-refractivity contribution in [1.82, 2.24) is 4.90 Å². The van der Waals surface area contributed by atoms with Gasteiger partial charge in [0.1, 0.15) is 5.69 Å². The predicted octanol–water partition coefficient (Wildman–Crippen LogP) is 3.79. The van der Waals surface area contributed by atoms with E-state index in [4.69, 9.17) is 5.26 Å². The van der Waals surface area contributed by atoms with Crippen LogP contribution < -0.4 is 5.32 Å². The van der Waals surface area contributed by atoms with Crippen LogP contribution in [0.3, 0.4) is 0 Å². The Morgan fingerprint density at radius 2 is 1.92 bits per heavy atom. The van der Waals surface area contributed by atoms with E-state index >= 15 is 0 Å². The smallest absolute Gasteiger partial charge is 0.293 e. The Balaban J connectivity index is 1.51. The summed E-state index contributed by atoms with van der Waals surface area (Å²) >= 11 is 0. The summed E-state index contributed by atoms with van der Waals surface area (Å²) in [7, 11) is 0. The van der Waals surface area contributed by atoms with Crippen molar-refractivity contribution < 1.29 is 4.92 Å². The number of piperidine rings is 1. The normalized spacial score (nSPS) is 15.3. The van der Waals surface area contributed by atoms with Crippen LogP contribution in [0.25, 0.3) is 0 Å². The lowest BCUT2D eigenvalue weighted by molar-refractivity contribution is -0.384. The van der Waals surface area contributed by atoms with E-state index in [0.717, 1.165) is 32.5 Å². The van der Waals surface area contributed by atoms with Gasteiger partial charge in [-0.25, -0.2) is 0 Å². The number of nitro benzene ring substituents is 1. The monoisotopic (exact) mass is 350 g/mol. The van der Waals surface area contributed by atoms with Crippen LogP contribution in [0.2, 0.25) is 0 Å². The van der Waals surface area contributed by atoms with Gasteiger partial charge in [0.2, 0.25) is 0 Å². The summed E-state index contributed by atoms with van der Waals surface area (Å²) in [6.07, 6.45) is 2.15. The summed E-state index contributed by atoms with van der Waals surface area (Å²) in [6, 6.07) is 17.0. The third kappa shape index (κ3) is 4.58. The Labute approximate surface area is 153 Å². The zero-order chi connectivity index (χ0) is 18.4. The largest absolute Gasteiger partial charge is 0.379 e. The number of nitro groups is 1. The van der Waals surface area contributed by atoms with Gasteiger partial charge in [0.05, 0.1) is 16.6 Å². The average Bonchev–Trinajstić information content (AvgIpc) is 2.68. The molecule has 2 aromatic rings. The highest BCUT2D eigenvalue weighted by atomic mass is 16.6. The van der Waals surface area contributed by atoms with Crippen LogP contribution in [-0.4, -0.2) is 29.5 Å². The first-order valence-electron chi connectivity index (χ1n) is 8.84. The molecule has 0 amide bonds. The Kier molecular flexibility index (Phi) is 5.82. The molecule has 0 radical (unpaired) electrons. The molecular weight excluding hydrogens is 328 g/mol. The van der Waals surface area contributed by atoms with E-state index in [1.54, 1.807) is 12.1 Å². The standard InChI is InChI=1S/C20H22N4O2/c21-13-18-6-7-19(20(12-18)24(25)26)22-14-16-8-10-23(11-9-16)15-17-4-2-1-3-5-17/h1-7,12,16,22H,8-11,14-15H2. The fraction of sp³-hybridized carbons (Fsp3) is 0.350. The van der Waals surface area contributed by atoms with E-state index in [9.17, 15) is 10.1 Å². The summed E-state index contributed by atoms with van der Waals surface area (Å²) in [4.78, 5) is 13.2. The molecule has 0 unspecified atom stereocenters. The fourth-order valence-electron chi connectivity index (χ4n) is 3.35. The van der Waals surface area contributed by atoms with Crippen LogP contribution in [0, 0.1) is 27.4 Å². The highest BCUT2D eigenvalue weighted by Crippen LogP contribution is 2.27. The molecule has 1 aliphatic rings. The fourth-order valence-corrected chi connectivity index (χ4v) is 3.35. The van der Waals surface area contributed by atoms with Gasteiger partial charge >= 0.3 is 0 Å². The number of nitrogens with zero attached hydrogens (tertiary/aromatic N) is 3. The minimum atomic E-state index is -0.439. The molecule has 6 heteroatoms. The first kappa shape index (κ1) is 17.9. The van der Waals surface area contributed by atoms with E-state index in [0.29, 0.717) is 23.7 Å². The van der Waals surface area contributed by atoms with Crippen molar-refractivity contribution in [2.75, 3.05) is 25.0 Å². The number of likely N-dealkylation sites (tertiary alicyclic amines) is 1. The van der Waals surface area contributed by atoms with Crippen molar-refractivity contribution in [3.05, 3.63) is 69.8 Å². The van der Waals surface area contributed by atoms with Crippen LogP contribution in [0.4, 0.5) is 11.4 Å². The molecule has 6 nitrogen and oxygen atoms in total. The number of anilines is 1. The summed E-state index contributed by atoms with van der Waals surface area (Å²) in [5.41, 5.74) is 2.08. The number of hydrogen-bond donors (Lipinski definition) is 1. The van der Waals surface area contributed by atoms with Gasteiger partial charge < -0.3 is 5.32 Å². The molecule has 0 atom stereocenters. The maximum Gasteiger partial charge on any atom is 0.293 e. The lowest BCUT2D eigenvalue weighted by Gasteiger charge is -2.32. The molecule has 2 aromatic carbocycles. The third-order valence-electron chi connectivity index (χ3n) is 4.86. The van der Waals surface area contributed by atoms with E-state index in [1.807, 2.05) is 12.1 Å². The minimum absolute atomic E-state index is 0.0365. The maximum atomic E-state index is 11.2. The molecule has 26 heavy (non-hydrogen) atoms. The molecule has 1 saturated heterocycles. The summed E-state index contributed by atoms with van der Waals surface area (Å²) < 4.78 is 0. The van der Waals surface area contributed by atoms with E-state index in [-0.39, 0.29) is 5.69 Å². The molecule has 3 rings (SSSR count). The second-order valence-electron chi connectivity index (χ2n) is 6.69. The van der Waals surface area contributed by atoms with Gasteiger partial charge in [0, 0.05) is 19.2 Å². The molecule has 134 valence electrons. The molecule has 0 aliphatic carbocycles. The molecule has 0 saturated carbocycles. The Morgan fingerprint density at radius 3 is 2.58 bits per heavy atom. The van der Waals surface area contributed by atoms with E-state index in [1.165, 1.54) is 11.6 Å². The number of benzene rings is 2. The van der Waals surface area contributed by atoms with Crippen LogP contribution in [-0.2, 0) is 6.54 Å². The highest BCUT2D eigenvalue weighted by Gasteiger charge is 2.21. The molecular formula is C20H22N4O2. The van der Waals surface area contributed by atoms with Gasteiger partial charge in [-0.05, 0) is 49.5 Å². The number of nitriles is 1. The molecule has 1 N–H and O–H groups in total. The summed E-state index contributed by atoms with van der Waals surface area (Å²) in [6.45, 7) is 3.77. The Morgan fingerprint density at radius 1 is 1.19 bits per heavy atom. The van der Waals surface area contributed by atoms with Crippen molar-refractivity contribution in [3.8, 4) is 6.07 Å². The topological polar surface area (TPSA) is 82.2 Å². The molecule has 0 aromatic heterocycles. The quantitative estimate of drug-likeness (QED) is 0.633. The molecule has 1 heterocycles. The SMILES string of the molecule is N#Cc1ccc(NCC2CCN(Cc3ccccc3)CC2)c([N+](=O)[O-])c1. The average molecular weight is 350 g/mol. The second kappa shape index (κ2) is 8.45. The Bertz CT molecular complexity index is 793. The van der Waals surface area contributed by atoms with Gasteiger partial charge in [0.15, 0.2) is 0 Å². The van der Waals surface area contributed by atoms with Gasteiger partial charge in [-0.3, -0.25) is 15.0 Å². The van der Waals surface area contributed by atoms with Gasteiger partial charge in [-0.2, -0.15) is 5.26 Å². The van der Waals surface area contributed by atoms with Crippen molar-refractivity contribution in [2.24, 2.45) is 5.92 Å². The van der Waals surface area contributed by atoms with Crippen molar-refractivity contribution in [1.29, 1.82) is 5.26 Å². The second-order valence-corrected chi connectivity index (χ2v) is 6.69. The minimum Gasteiger partial charge on any atom is -0.379 e.